The summed E-state index contributed by atoms with van der Waals surface area (Å²) in [6.07, 6.45) is -3.10. The van der Waals surface area contributed by atoms with Crippen LogP contribution in [0, 0.1) is 0 Å². The van der Waals surface area contributed by atoms with Crippen molar-refractivity contribution in [3.05, 3.63) is 17.5 Å². The molecule has 1 N–H and O–H groups in total. The zero-order valence-corrected chi connectivity index (χ0v) is 10.2. The number of nitrogens with one attached hydrogen (secondary N) is 1. The minimum Gasteiger partial charge on any atom is -0.311 e. The number of hydrogen-bond acceptors (Lipinski definition) is 3. The molecule has 0 spiro atoms. The second-order valence-corrected chi connectivity index (χ2v) is 4.12. The summed E-state index contributed by atoms with van der Waals surface area (Å²) in [6.45, 7) is 1.59. The van der Waals surface area contributed by atoms with Crippen LogP contribution in [0.4, 0.5) is 13.2 Å². The van der Waals surface area contributed by atoms with Crippen LogP contribution < -0.4 is 5.32 Å². The molecule has 17 heavy (non-hydrogen) atoms. The van der Waals surface area contributed by atoms with E-state index in [1.807, 2.05) is 19.0 Å². The predicted molar refractivity (Wildman–Crippen MR) is 58.5 cm³/mol. The Labute approximate surface area is 98.4 Å². The van der Waals surface area contributed by atoms with E-state index in [4.69, 9.17) is 0 Å². The Hall–Kier alpha value is -1.08. The first kappa shape index (κ1) is 14.0. The summed E-state index contributed by atoms with van der Waals surface area (Å²) < 4.78 is 38.9. The van der Waals surface area contributed by atoms with Gasteiger partial charge in [-0.15, -0.1) is 0 Å². The Morgan fingerprint density at radius 1 is 1.41 bits per heavy atom. The van der Waals surface area contributed by atoms with E-state index in [-0.39, 0.29) is 12.1 Å². The van der Waals surface area contributed by atoms with Crippen molar-refractivity contribution in [2.75, 3.05) is 27.2 Å². The molecule has 1 rings (SSSR count). The minimum atomic E-state index is -4.36. The van der Waals surface area contributed by atoms with Gasteiger partial charge < -0.3 is 10.2 Å². The molecule has 0 saturated carbocycles. The summed E-state index contributed by atoms with van der Waals surface area (Å²) in [7, 11) is 5.12. The Morgan fingerprint density at radius 2 is 2.06 bits per heavy atom. The van der Waals surface area contributed by atoms with E-state index in [0.29, 0.717) is 6.54 Å². The molecule has 1 heterocycles. The Kier molecular flexibility index (Phi) is 4.53. The van der Waals surface area contributed by atoms with Gasteiger partial charge in [0.15, 0.2) is 0 Å². The maximum atomic E-state index is 12.7. The van der Waals surface area contributed by atoms with Crippen LogP contribution in [0.5, 0.6) is 0 Å². The summed E-state index contributed by atoms with van der Waals surface area (Å²) in [5.74, 6) is 0. The number of halogens is 3. The van der Waals surface area contributed by atoms with Crippen molar-refractivity contribution < 1.29 is 13.2 Å². The normalized spacial score (nSPS) is 12.4. The largest absolute Gasteiger partial charge is 0.433 e. The van der Waals surface area contributed by atoms with E-state index in [9.17, 15) is 13.2 Å². The Balaban J connectivity index is 2.60. The number of hydrogen-bond donors (Lipinski definition) is 1. The van der Waals surface area contributed by atoms with E-state index in [2.05, 4.69) is 10.4 Å². The smallest absolute Gasteiger partial charge is 0.311 e. The fourth-order valence-electron chi connectivity index (χ4n) is 1.50. The first-order valence-corrected chi connectivity index (χ1v) is 5.26. The van der Waals surface area contributed by atoms with Gasteiger partial charge in [0.1, 0.15) is 5.69 Å². The average Bonchev–Trinajstić information content (AvgIpc) is 2.53. The van der Waals surface area contributed by atoms with Crippen molar-refractivity contribution in [1.29, 1.82) is 0 Å². The molecule has 0 aliphatic carbocycles. The van der Waals surface area contributed by atoms with Gasteiger partial charge in [-0.05, 0) is 14.1 Å². The van der Waals surface area contributed by atoms with Crippen LogP contribution in [0.15, 0.2) is 6.20 Å². The lowest BCUT2D eigenvalue weighted by atomic mass is 10.2. The fraction of sp³-hybridized carbons (Fsp3) is 0.700. The predicted octanol–water partition coefficient (Wildman–Crippen LogP) is 1.09. The van der Waals surface area contributed by atoms with Gasteiger partial charge in [-0.2, -0.15) is 18.3 Å². The molecular weight excluding hydrogens is 233 g/mol. The topological polar surface area (TPSA) is 33.1 Å². The quantitative estimate of drug-likeness (QED) is 0.794. The summed E-state index contributed by atoms with van der Waals surface area (Å²) in [5.41, 5.74) is -0.506. The zero-order valence-electron chi connectivity index (χ0n) is 10.2. The molecule has 0 atom stereocenters. The third-order valence-corrected chi connectivity index (χ3v) is 2.33. The summed E-state index contributed by atoms with van der Waals surface area (Å²) in [6, 6.07) is 0. The highest BCUT2D eigenvalue weighted by Gasteiger charge is 2.36. The molecule has 1 aromatic heterocycles. The molecule has 7 heteroatoms. The molecule has 0 bridgehead atoms. The van der Waals surface area contributed by atoms with Gasteiger partial charge in [0.05, 0.1) is 6.20 Å². The zero-order chi connectivity index (χ0) is 13.1. The second kappa shape index (κ2) is 5.50. The molecule has 0 amide bonds. The number of aryl methyl sites for hydroxylation is 1. The van der Waals surface area contributed by atoms with Crippen LogP contribution in [0.3, 0.4) is 0 Å². The molecule has 1 aromatic rings. The molecule has 0 saturated heterocycles. The van der Waals surface area contributed by atoms with Crippen molar-refractivity contribution in [3.8, 4) is 0 Å². The van der Waals surface area contributed by atoms with E-state index in [0.717, 1.165) is 11.2 Å². The second-order valence-electron chi connectivity index (χ2n) is 4.12. The van der Waals surface area contributed by atoms with Gasteiger partial charge in [0.2, 0.25) is 0 Å². The van der Waals surface area contributed by atoms with Crippen molar-refractivity contribution >= 4 is 0 Å². The molecule has 0 aromatic carbocycles. The molecule has 0 fully saturated rings. The SMILES string of the molecule is CN(C)CCNCc1cnn(C)c1C(F)(F)F. The number of aromatic nitrogens is 2. The van der Waals surface area contributed by atoms with Gasteiger partial charge in [-0.25, -0.2) is 0 Å². The highest BCUT2D eigenvalue weighted by Crippen LogP contribution is 2.31. The van der Waals surface area contributed by atoms with E-state index in [1.165, 1.54) is 13.2 Å². The van der Waals surface area contributed by atoms with Gasteiger partial charge in [0, 0.05) is 32.2 Å². The van der Waals surface area contributed by atoms with E-state index >= 15 is 0 Å². The van der Waals surface area contributed by atoms with Crippen LogP contribution in [0.1, 0.15) is 11.3 Å². The monoisotopic (exact) mass is 250 g/mol. The third kappa shape index (κ3) is 4.01. The summed E-state index contributed by atoms with van der Waals surface area (Å²) >= 11 is 0. The van der Waals surface area contributed by atoms with Crippen LogP contribution in [-0.4, -0.2) is 41.9 Å². The number of likely N-dealkylation sites (N-methyl/N-ethyl adjacent to an activating group) is 1. The molecule has 98 valence electrons. The molecule has 0 aliphatic rings. The highest BCUT2D eigenvalue weighted by molar-refractivity contribution is 5.20. The van der Waals surface area contributed by atoms with Crippen LogP contribution in [0.25, 0.3) is 0 Å². The minimum absolute atomic E-state index is 0.177. The number of alkyl halides is 3. The summed E-state index contributed by atoms with van der Waals surface area (Å²) in [5, 5.41) is 6.61. The summed E-state index contributed by atoms with van der Waals surface area (Å²) in [4.78, 5) is 1.96. The van der Waals surface area contributed by atoms with Crippen molar-refractivity contribution in [2.45, 2.75) is 12.7 Å². The van der Waals surface area contributed by atoms with Crippen LogP contribution in [-0.2, 0) is 19.8 Å². The highest BCUT2D eigenvalue weighted by atomic mass is 19.4. The lowest BCUT2D eigenvalue weighted by Crippen LogP contribution is -2.27. The third-order valence-electron chi connectivity index (χ3n) is 2.33. The van der Waals surface area contributed by atoms with Gasteiger partial charge in [-0.3, -0.25) is 4.68 Å². The maximum Gasteiger partial charge on any atom is 0.433 e. The first-order chi connectivity index (χ1) is 7.82. The molecular formula is C10H17F3N4. The van der Waals surface area contributed by atoms with E-state index in [1.54, 1.807) is 0 Å². The van der Waals surface area contributed by atoms with Gasteiger partial charge in [-0.1, -0.05) is 0 Å². The van der Waals surface area contributed by atoms with Crippen LogP contribution >= 0.6 is 0 Å². The van der Waals surface area contributed by atoms with Crippen molar-refractivity contribution in [1.82, 2.24) is 20.0 Å². The Morgan fingerprint density at radius 3 is 2.59 bits per heavy atom. The van der Waals surface area contributed by atoms with Crippen LogP contribution in [0.2, 0.25) is 0 Å². The van der Waals surface area contributed by atoms with Crippen molar-refractivity contribution in [2.24, 2.45) is 7.05 Å². The lowest BCUT2D eigenvalue weighted by molar-refractivity contribution is -0.144. The Bertz CT molecular complexity index is 357. The van der Waals surface area contributed by atoms with Crippen molar-refractivity contribution in [3.63, 3.8) is 0 Å². The van der Waals surface area contributed by atoms with E-state index < -0.39 is 11.9 Å². The maximum absolute atomic E-state index is 12.7. The number of rotatable bonds is 5. The molecule has 0 unspecified atom stereocenters. The fourth-order valence-corrected chi connectivity index (χ4v) is 1.50. The molecule has 0 aliphatic heterocycles. The van der Waals surface area contributed by atoms with Gasteiger partial charge >= 0.3 is 6.18 Å². The molecule has 4 nitrogen and oxygen atoms in total. The first-order valence-electron chi connectivity index (χ1n) is 5.26. The van der Waals surface area contributed by atoms with Gasteiger partial charge in [0.25, 0.3) is 0 Å². The average molecular weight is 250 g/mol. The molecule has 0 radical (unpaired) electrons. The number of nitrogens with zero attached hydrogens (tertiary/aromatic N) is 3. The lowest BCUT2D eigenvalue weighted by Gasteiger charge is -2.12. The standard InChI is InChI=1S/C10H17F3N4/c1-16(2)5-4-14-6-8-7-15-17(3)9(8)10(11,12)13/h7,14H,4-6H2,1-3H3.